The van der Waals surface area contributed by atoms with Crippen molar-refractivity contribution in [3.8, 4) is 11.5 Å². The van der Waals surface area contributed by atoms with E-state index in [1.807, 2.05) is 30.3 Å². The van der Waals surface area contributed by atoms with Crippen LogP contribution in [-0.4, -0.2) is 44.8 Å². The topological polar surface area (TPSA) is 116 Å². The van der Waals surface area contributed by atoms with Crippen molar-refractivity contribution in [2.45, 2.75) is 34.9 Å². The van der Waals surface area contributed by atoms with Gasteiger partial charge in [-0.15, -0.1) is 36.4 Å². The molecule has 4 aromatic rings. The zero-order valence-electron chi connectivity index (χ0n) is 27.7. The van der Waals surface area contributed by atoms with E-state index in [9.17, 15) is 41.8 Å². The van der Waals surface area contributed by atoms with Gasteiger partial charge in [-0.1, -0.05) is 29.8 Å². The average molecular weight is 781 g/mol. The Morgan fingerprint density at radius 3 is 2.07 bits per heavy atom. The fourth-order valence-electron chi connectivity index (χ4n) is 8.34. The number of amides is 4. The van der Waals surface area contributed by atoms with Crippen LogP contribution >= 0.6 is 23.2 Å². The van der Waals surface area contributed by atoms with Crippen molar-refractivity contribution in [1.82, 2.24) is 0 Å². The van der Waals surface area contributed by atoms with Gasteiger partial charge in [0.2, 0.25) is 11.8 Å². The van der Waals surface area contributed by atoms with Crippen molar-refractivity contribution in [2.24, 2.45) is 17.8 Å². The van der Waals surface area contributed by atoms with Crippen LogP contribution in [-0.2, 0) is 19.2 Å². The van der Waals surface area contributed by atoms with Gasteiger partial charge in [0.1, 0.15) is 17.3 Å². The SMILES string of the molecule is O=C1C2CC=C3C(CC4(Cl)C(=O)N(c5ccc(F)cc5)C(=O)C4(Cl)C3c3cc(OC(F)(F)F)ccc3O)C2C(=O)N1c1ccc(Nc2ccccc2)cc1. The van der Waals surface area contributed by atoms with E-state index in [1.165, 1.54) is 0 Å². The third kappa shape index (κ3) is 5.43. The number of fused-ring (bicyclic) bond motifs is 4. The summed E-state index contributed by atoms with van der Waals surface area (Å²) >= 11 is 14.6. The minimum atomic E-state index is -5.13. The zero-order chi connectivity index (χ0) is 38.3. The van der Waals surface area contributed by atoms with Crippen molar-refractivity contribution in [1.29, 1.82) is 0 Å². The highest BCUT2D eigenvalue weighted by atomic mass is 35.5. The fourth-order valence-corrected chi connectivity index (χ4v) is 9.27. The molecule has 0 radical (unpaired) electrons. The molecule has 4 aliphatic rings. The summed E-state index contributed by atoms with van der Waals surface area (Å²) in [5.74, 6) is -9.97. The van der Waals surface area contributed by atoms with E-state index < -0.39 is 87.1 Å². The van der Waals surface area contributed by atoms with Crippen molar-refractivity contribution >= 4 is 69.6 Å². The maximum atomic E-state index is 14.5. The van der Waals surface area contributed by atoms with Crippen LogP contribution in [0.4, 0.5) is 40.3 Å². The minimum Gasteiger partial charge on any atom is -0.508 e. The second-order valence-corrected chi connectivity index (χ2v) is 14.8. The predicted molar refractivity (Wildman–Crippen MR) is 190 cm³/mol. The highest BCUT2D eigenvalue weighted by molar-refractivity contribution is 6.58. The lowest BCUT2D eigenvalue weighted by Crippen LogP contribution is -2.60. The summed E-state index contributed by atoms with van der Waals surface area (Å²) < 4.78 is 58.2. The number of phenols is 1. The van der Waals surface area contributed by atoms with E-state index >= 15 is 0 Å². The van der Waals surface area contributed by atoms with Gasteiger partial charge in [0.05, 0.1) is 23.2 Å². The van der Waals surface area contributed by atoms with Gasteiger partial charge in [0, 0.05) is 22.9 Å². The summed E-state index contributed by atoms with van der Waals surface area (Å²) in [6, 6.07) is 22.9. The normalized spacial score (nSPS) is 27.7. The molecule has 2 aliphatic carbocycles. The molecule has 3 fully saturated rings. The molecule has 6 atom stereocenters. The molecule has 2 N–H and O–H groups in total. The Morgan fingerprint density at radius 2 is 1.41 bits per heavy atom. The predicted octanol–water partition coefficient (Wildman–Crippen LogP) is 7.94. The van der Waals surface area contributed by atoms with E-state index in [0.29, 0.717) is 10.6 Å². The molecule has 0 bridgehead atoms. The number of carbonyl (C=O) groups excluding carboxylic acids is 4. The fraction of sp³-hybridized carbons (Fsp3) is 0.231. The Balaban J connectivity index is 1.22. The lowest BCUT2D eigenvalue weighted by molar-refractivity contribution is -0.274. The van der Waals surface area contributed by atoms with Crippen molar-refractivity contribution in [3.63, 3.8) is 0 Å². The molecule has 2 heterocycles. The highest BCUT2D eigenvalue weighted by Crippen LogP contribution is 2.66. The summed E-state index contributed by atoms with van der Waals surface area (Å²) in [5.41, 5.74) is 1.60. The summed E-state index contributed by atoms with van der Waals surface area (Å²) in [6.07, 6.45) is -4.03. The molecule has 276 valence electrons. The molecule has 2 saturated heterocycles. The Bertz CT molecular complexity index is 2260. The third-order valence-electron chi connectivity index (χ3n) is 10.6. The van der Waals surface area contributed by atoms with E-state index in [-0.39, 0.29) is 28.9 Å². The monoisotopic (exact) mass is 779 g/mol. The molecule has 8 rings (SSSR count). The second-order valence-electron chi connectivity index (χ2n) is 13.6. The number of halogens is 6. The number of aromatic hydroxyl groups is 1. The Kier molecular flexibility index (Phi) is 8.31. The molecule has 15 heteroatoms. The van der Waals surface area contributed by atoms with E-state index in [0.717, 1.165) is 53.1 Å². The quantitative estimate of drug-likeness (QED) is 0.0884. The number of para-hydroxylation sites is 1. The average Bonchev–Trinajstić information content (AvgIpc) is 3.47. The van der Waals surface area contributed by atoms with E-state index in [4.69, 9.17) is 23.2 Å². The summed E-state index contributed by atoms with van der Waals surface area (Å²) in [4.78, 5) is 54.2. The maximum absolute atomic E-state index is 14.5. The van der Waals surface area contributed by atoms with Crippen molar-refractivity contribution in [3.05, 3.63) is 120 Å². The number of rotatable bonds is 6. The van der Waals surface area contributed by atoms with Crippen LogP contribution in [0, 0.1) is 23.6 Å². The number of carbonyl (C=O) groups is 4. The van der Waals surface area contributed by atoms with Gasteiger partial charge in [-0.25, -0.2) is 9.29 Å². The van der Waals surface area contributed by atoms with Gasteiger partial charge < -0.3 is 15.2 Å². The number of benzene rings is 4. The Labute approximate surface area is 314 Å². The van der Waals surface area contributed by atoms with E-state index in [2.05, 4.69) is 10.1 Å². The Hall–Kier alpha value is -5.40. The number of alkyl halides is 5. The molecule has 2 aliphatic heterocycles. The van der Waals surface area contributed by atoms with Gasteiger partial charge in [-0.3, -0.25) is 24.1 Å². The van der Waals surface area contributed by atoms with E-state index in [1.54, 1.807) is 30.3 Å². The summed E-state index contributed by atoms with van der Waals surface area (Å²) in [6.45, 7) is 0. The molecule has 0 aromatic heterocycles. The molecule has 6 unspecified atom stereocenters. The van der Waals surface area contributed by atoms with Crippen molar-refractivity contribution < 1.29 is 46.6 Å². The largest absolute Gasteiger partial charge is 0.573 e. The van der Waals surface area contributed by atoms with Crippen LogP contribution in [0.25, 0.3) is 0 Å². The molecule has 0 spiro atoms. The maximum Gasteiger partial charge on any atom is 0.573 e. The van der Waals surface area contributed by atoms with Crippen LogP contribution in [0.2, 0.25) is 0 Å². The standard InChI is InChI=1S/C39H27Cl2F4N3O6/c40-37-19-29-26(15-16-27-31(29)34(51)47(33(27)50)23-12-8-22(9-13-23)46-21-4-2-1-3-5-21)32(28-18-25(14-17-30(28)49)54-39(43,44)45)38(37,41)36(53)48(35(37)52)24-10-6-20(42)7-11-24/h1-15,17-18,27,29,31-32,46,49H,16,19H2. The van der Waals surface area contributed by atoms with Crippen molar-refractivity contribution in [2.75, 3.05) is 15.1 Å². The number of hydrogen-bond acceptors (Lipinski definition) is 7. The number of allylic oxidation sites excluding steroid dienone is 2. The zero-order valence-corrected chi connectivity index (χ0v) is 29.2. The second kappa shape index (κ2) is 12.6. The van der Waals surface area contributed by atoms with Crippen LogP contribution in [0.5, 0.6) is 11.5 Å². The molecule has 54 heavy (non-hydrogen) atoms. The molecule has 1 saturated carbocycles. The van der Waals surface area contributed by atoms with Crippen LogP contribution in [0.15, 0.2) is 109 Å². The molecular formula is C39H27Cl2F4N3O6. The lowest BCUT2D eigenvalue weighted by atomic mass is 9.56. The van der Waals surface area contributed by atoms with Gasteiger partial charge in [-0.05, 0) is 97.6 Å². The molecule has 9 nitrogen and oxygen atoms in total. The number of phenolic OH excluding ortho intramolecular Hbond substituents is 1. The number of nitrogens with zero attached hydrogens (tertiary/aromatic N) is 2. The number of imide groups is 2. The van der Waals surface area contributed by atoms with Gasteiger partial charge in [-0.2, -0.15) is 0 Å². The Morgan fingerprint density at radius 1 is 0.778 bits per heavy atom. The number of hydrogen-bond donors (Lipinski definition) is 2. The first-order valence-corrected chi connectivity index (χ1v) is 17.5. The number of anilines is 4. The van der Waals surface area contributed by atoms with Crippen LogP contribution < -0.4 is 19.9 Å². The number of ether oxygens (including phenoxy) is 1. The highest BCUT2D eigenvalue weighted by Gasteiger charge is 2.77. The van der Waals surface area contributed by atoms with Gasteiger partial charge >= 0.3 is 6.36 Å². The first-order chi connectivity index (χ1) is 25.6. The summed E-state index contributed by atoms with van der Waals surface area (Å²) in [7, 11) is 0. The first-order valence-electron chi connectivity index (χ1n) is 16.7. The summed E-state index contributed by atoms with van der Waals surface area (Å²) in [5, 5.41) is 14.4. The molecular weight excluding hydrogens is 753 g/mol. The minimum absolute atomic E-state index is 0.0344. The van der Waals surface area contributed by atoms with Gasteiger partial charge in [0.15, 0.2) is 9.75 Å². The molecule has 4 aromatic carbocycles. The number of nitrogens with one attached hydrogen (secondary N) is 1. The third-order valence-corrected chi connectivity index (χ3v) is 12.0. The van der Waals surface area contributed by atoms with Gasteiger partial charge in [0.25, 0.3) is 11.8 Å². The van der Waals surface area contributed by atoms with Crippen LogP contribution in [0.1, 0.15) is 24.3 Å². The first kappa shape index (κ1) is 35.6. The smallest absolute Gasteiger partial charge is 0.508 e. The lowest BCUT2D eigenvalue weighted by Gasteiger charge is -2.50. The van der Waals surface area contributed by atoms with Crippen LogP contribution in [0.3, 0.4) is 0 Å². The molecule has 4 amide bonds.